The minimum atomic E-state index is -4.77. The van der Waals surface area contributed by atoms with Crippen molar-refractivity contribution in [2.75, 3.05) is 13.6 Å². The van der Waals surface area contributed by atoms with Gasteiger partial charge in [0.15, 0.2) is 5.78 Å². The minimum absolute atomic E-state index is 0.129. The quantitative estimate of drug-likeness (QED) is 0.606. The van der Waals surface area contributed by atoms with Crippen molar-refractivity contribution in [1.29, 1.82) is 0 Å². The van der Waals surface area contributed by atoms with E-state index < -0.39 is 6.36 Å². The molecule has 3 atom stereocenters. The highest BCUT2D eigenvalue weighted by atomic mass is 19.4. The number of ether oxygens (including phenoxy) is 1. The number of alkyl halides is 3. The molecule has 10 heteroatoms. The number of nitrogens with one attached hydrogen (secondary N) is 1. The number of rotatable bonds is 4. The SMILES string of the molecule is CN1CC2CC1CC2CC(=O)c1n[nH]c2ccc(OC(F)(F)F)cc12.O=CO. The second kappa shape index (κ2) is 7.78. The van der Waals surface area contributed by atoms with Gasteiger partial charge in [-0.25, -0.2) is 0 Å². The topological polar surface area (TPSA) is 95.5 Å². The summed E-state index contributed by atoms with van der Waals surface area (Å²) in [6.07, 6.45) is -2.26. The average Bonchev–Trinajstić information content (AvgIpc) is 3.27. The second-order valence-corrected chi connectivity index (χ2v) is 7.15. The summed E-state index contributed by atoms with van der Waals surface area (Å²) >= 11 is 0. The lowest BCUT2D eigenvalue weighted by atomic mass is 9.89. The van der Waals surface area contributed by atoms with Crippen LogP contribution in [0.2, 0.25) is 0 Å². The molecule has 1 saturated heterocycles. The van der Waals surface area contributed by atoms with Crippen molar-refractivity contribution in [3.05, 3.63) is 23.9 Å². The van der Waals surface area contributed by atoms with Crippen LogP contribution in [0, 0.1) is 11.8 Å². The Labute approximate surface area is 158 Å². The Morgan fingerprint density at radius 1 is 1.43 bits per heavy atom. The van der Waals surface area contributed by atoms with Crippen LogP contribution in [0.1, 0.15) is 29.8 Å². The first-order valence-electron chi connectivity index (χ1n) is 8.77. The lowest BCUT2D eigenvalue weighted by Gasteiger charge is -2.27. The van der Waals surface area contributed by atoms with Crippen LogP contribution in [-0.2, 0) is 4.79 Å². The highest BCUT2D eigenvalue weighted by Gasteiger charge is 2.43. The third-order valence-electron chi connectivity index (χ3n) is 5.44. The summed E-state index contributed by atoms with van der Waals surface area (Å²) in [6.45, 7) is 0.757. The largest absolute Gasteiger partial charge is 0.573 e. The van der Waals surface area contributed by atoms with Crippen LogP contribution in [0.5, 0.6) is 5.75 Å². The molecule has 0 spiro atoms. The maximum absolute atomic E-state index is 12.7. The summed E-state index contributed by atoms with van der Waals surface area (Å²) in [6, 6.07) is 4.40. The first-order valence-corrected chi connectivity index (χ1v) is 8.77. The number of halogens is 3. The zero-order valence-corrected chi connectivity index (χ0v) is 15.1. The molecule has 2 aromatic rings. The highest BCUT2D eigenvalue weighted by molar-refractivity contribution is 6.06. The number of piperidine rings is 1. The molecule has 1 aliphatic heterocycles. The molecule has 0 amide bonds. The molecule has 152 valence electrons. The number of ketones is 1. The maximum atomic E-state index is 12.7. The standard InChI is InChI=1S/C17H18F3N3O2.CH2O2/c1-23-8-10-5-11(23)4-9(10)6-15(24)16-13-7-12(25-17(18,19)20)2-3-14(13)21-22-16;2-1-3/h2-3,7,9-11H,4-6,8H2,1H3,(H,21,22);1H,(H,2,3). The van der Waals surface area contributed by atoms with E-state index in [1.54, 1.807) is 0 Å². The van der Waals surface area contributed by atoms with Crippen LogP contribution in [-0.4, -0.2) is 58.5 Å². The van der Waals surface area contributed by atoms with Gasteiger partial charge in [-0.15, -0.1) is 13.2 Å². The van der Waals surface area contributed by atoms with Crippen molar-refractivity contribution in [3.63, 3.8) is 0 Å². The van der Waals surface area contributed by atoms with Crippen molar-refractivity contribution in [1.82, 2.24) is 15.1 Å². The molecule has 2 fully saturated rings. The van der Waals surface area contributed by atoms with Gasteiger partial charge in [-0.05, 0) is 49.9 Å². The number of carbonyl (C=O) groups is 2. The number of hydrogen-bond acceptors (Lipinski definition) is 5. The number of fused-ring (bicyclic) bond motifs is 3. The third kappa shape index (κ3) is 4.27. The summed E-state index contributed by atoms with van der Waals surface area (Å²) < 4.78 is 41.1. The molecule has 1 aliphatic carbocycles. The predicted molar refractivity (Wildman–Crippen MR) is 93.0 cm³/mol. The summed E-state index contributed by atoms with van der Waals surface area (Å²) in [5.74, 6) is 0.371. The first-order chi connectivity index (χ1) is 13.2. The summed E-state index contributed by atoms with van der Waals surface area (Å²) in [7, 11) is 2.10. The van der Waals surface area contributed by atoms with Gasteiger partial charge in [-0.3, -0.25) is 14.7 Å². The number of aromatic amines is 1. The predicted octanol–water partition coefficient (Wildman–Crippen LogP) is 3.08. The molecule has 7 nitrogen and oxygen atoms in total. The van der Waals surface area contributed by atoms with Crippen molar-refractivity contribution >= 4 is 23.2 Å². The number of aromatic nitrogens is 2. The van der Waals surface area contributed by atoms with Crippen molar-refractivity contribution in [2.45, 2.75) is 31.7 Å². The summed E-state index contributed by atoms with van der Waals surface area (Å²) in [4.78, 5) is 23.4. The first kappa shape index (κ1) is 20.1. The van der Waals surface area contributed by atoms with E-state index >= 15 is 0 Å². The molecule has 2 aliphatic rings. The molecule has 1 saturated carbocycles. The third-order valence-corrected chi connectivity index (χ3v) is 5.44. The molecule has 1 aromatic carbocycles. The molecule has 28 heavy (non-hydrogen) atoms. The molecule has 2 heterocycles. The Hall–Kier alpha value is -2.62. The Kier molecular flexibility index (Phi) is 5.59. The molecule has 4 rings (SSSR count). The van der Waals surface area contributed by atoms with Crippen molar-refractivity contribution < 1.29 is 32.6 Å². The molecule has 0 radical (unpaired) electrons. The number of likely N-dealkylation sites (tertiary alicyclic amines) is 1. The van der Waals surface area contributed by atoms with Gasteiger partial charge in [-0.2, -0.15) is 5.10 Å². The number of H-pyrrole nitrogens is 1. The Morgan fingerprint density at radius 3 is 2.71 bits per heavy atom. The van der Waals surface area contributed by atoms with Crippen molar-refractivity contribution in [3.8, 4) is 5.75 Å². The van der Waals surface area contributed by atoms with Crippen LogP contribution in [0.25, 0.3) is 10.9 Å². The van der Waals surface area contributed by atoms with E-state index in [1.807, 2.05) is 0 Å². The summed E-state index contributed by atoms with van der Waals surface area (Å²) in [5.41, 5.74) is 0.712. The van der Waals surface area contributed by atoms with Gasteiger partial charge in [0, 0.05) is 24.4 Å². The zero-order chi connectivity index (χ0) is 20.5. The fraction of sp³-hybridized carbons (Fsp3) is 0.500. The molecular weight excluding hydrogens is 379 g/mol. The minimum Gasteiger partial charge on any atom is -0.483 e. The Morgan fingerprint density at radius 2 is 2.14 bits per heavy atom. The van der Waals surface area contributed by atoms with Gasteiger partial charge < -0.3 is 14.7 Å². The molecule has 2 N–H and O–H groups in total. The van der Waals surface area contributed by atoms with Crippen LogP contribution >= 0.6 is 0 Å². The van der Waals surface area contributed by atoms with Crippen LogP contribution in [0.15, 0.2) is 18.2 Å². The Bertz CT molecular complexity index is 865. The number of Topliss-reactive ketones (excluding diaryl/α,β-unsaturated/α-hetero) is 1. The van der Waals surface area contributed by atoms with Gasteiger partial charge in [0.1, 0.15) is 11.4 Å². The smallest absolute Gasteiger partial charge is 0.483 e. The number of benzene rings is 1. The molecule has 1 aromatic heterocycles. The summed E-state index contributed by atoms with van der Waals surface area (Å²) in [5, 5.41) is 14.0. The lowest BCUT2D eigenvalue weighted by Crippen LogP contribution is -2.32. The number of hydrogen-bond donors (Lipinski definition) is 2. The van der Waals surface area contributed by atoms with E-state index in [4.69, 9.17) is 9.90 Å². The van der Waals surface area contributed by atoms with E-state index in [9.17, 15) is 18.0 Å². The van der Waals surface area contributed by atoms with Crippen molar-refractivity contribution in [2.24, 2.45) is 11.8 Å². The molecular formula is C18H20F3N3O4. The lowest BCUT2D eigenvalue weighted by molar-refractivity contribution is -0.274. The zero-order valence-electron chi connectivity index (χ0n) is 15.1. The highest BCUT2D eigenvalue weighted by Crippen LogP contribution is 2.43. The van der Waals surface area contributed by atoms with Crippen LogP contribution in [0.3, 0.4) is 0 Å². The number of nitrogens with zero attached hydrogens (tertiary/aromatic N) is 2. The number of carboxylic acid groups (broad SMARTS) is 1. The van der Waals surface area contributed by atoms with E-state index in [2.05, 4.69) is 26.9 Å². The normalized spacial score (nSPS) is 24.1. The second-order valence-electron chi connectivity index (χ2n) is 7.15. The van der Waals surface area contributed by atoms with E-state index in [0.717, 1.165) is 19.4 Å². The maximum Gasteiger partial charge on any atom is 0.573 e. The van der Waals surface area contributed by atoms with Gasteiger partial charge in [0.2, 0.25) is 0 Å². The average molecular weight is 399 g/mol. The van der Waals surface area contributed by atoms with E-state index in [1.165, 1.54) is 18.2 Å². The fourth-order valence-corrected chi connectivity index (χ4v) is 4.27. The van der Waals surface area contributed by atoms with E-state index in [0.29, 0.717) is 35.2 Å². The fourth-order valence-electron chi connectivity index (χ4n) is 4.27. The van der Waals surface area contributed by atoms with Gasteiger partial charge in [0.05, 0.1) is 5.52 Å². The Balaban J connectivity index is 0.000000706. The van der Waals surface area contributed by atoms with E-state index in [-0.39, 0.29) is 23.7 Å². The van der Waals surface area contributed by atoms with Crippen LogP contribution < -0.4 is 4.74 Å². The molecule has 2 bridgehead atoms. The van der Waals surface area contributed by atoms with Gasteiger partial charge in [-0.1, -0.05) is 0 Å². The number of carbonyl (C=O) groups excluding carboxylic acids is 1. The molecule has 3 unspecified atom stereocenters. The van der Waals surface area contributed by atoms with Crippen LogP contribution in [0.4, 0.5) is 13.2 Å². The van der Waals surface area contributed by atoms with Gasteiger partial charge in [0.25, 0.3) is 6.47 Å². The monoisotopic (exact) mass is 399 g/mol. The van der Waals surface area contributed by atoms with Gasteiger partial charge >= 0.3 is 6.36 Å².